The molecule has 270 valence electrons. The van der Waals surface area contributed by atoms with Crippen LogP contribution in [-0.4, -0.2) is 9.55 Å². The van der Waals surface area contributed by atoms with E-state index in [9.17, 15) is 0 Å². The highest BCUT2D eigenvalue weighted by Crippen LogP contribution is 2.45. The normalized spacial score (nSPS) is 12.1. The van der Waals surface area contributed by atoms with Gasteiger partial charge < -0.3 is 4.57 Å². The molecule has 2 aromatic heterocycles. The minimum atomic E-state index is 0.0564. The van der Waals surface area contributed by atoms with Crippen molar-refractivity contribution in [1.29, 1.82) is 0 Å². The topological polar surface area (TPSA) is 17.8 Å². The minimum absolute atomic E-state index is 0.0564. The van der Waals surface area contributed by atoms with E-state index in [-0.39, 0.29) is 5.41 Å². The minimum Gasteiger partial charge on any atom is -0.309 e. The van der Waals surface area contributed by atoms with Gasteiger partial charge in [-0.25, -0.2) is 0 Å². The fourth-order valence-electron chi connectivity index (χ4n) is 9.05. The molecular formula is C55H40N2. The summed E-state index contributed by atoms with van der Waals surface area (Å²) >= 11 is 0. The first-order valence-corrected chi connectivity index (χ1v) is 19.9. The van der Waals surface area contributed by atoms with Crippen LogP contribution in [0.15, 0.2) is 188 Å². The quantitative estimate of drug-likeness (QED) is 0.161. The lowest BCUT2D eigenvalue weighted by Gasteiger charge is -2.23. The first-order chi connectivity index (χ1) is 27.9. The van der Waals surface area contributed by atoms with Crippen LogP contribution in [0, 0.1) is 0 Å². The zero-order valence-corrected chi connectivity index (χ0v) is 32.3. The standard InChI is InChI=1S/C55H40N2/c1-55(2,3)42-31-40-26-28-46-48(34-49(47-29-27-41(32-42)53(40)54(46)47)37-22-24-38(25-23-37)50-15-8-9-30-56-50)36-20-18-35(19-21-36)39-11-10-12-43(33-39)57-51-16-6-4-13-44(51)45-14-5-7-17-52(45)57/h4-34H,1-3H3. The third-order valence-corrected chi connectivity index (χ3v) is 12.0. The molecule has 0 atom stereocenters. The fraction of sp³-hybridized carbons (Fsp3) is 0.0727. The summed E-state index contributed by atoms with van der Waals surface area (Å²) in [6.07, 6.45) is 1.86. The molecule has 0 N–H and O–H groups in total. The molecule has 0 radical (unpaired) electrons. The van der Waals surface area contributed by atoms with Crippen LogP contribution in [-0.2, 0) is 5.41 Å². The number of nitrogens with zero attached hydrogens (tertiary/aromatic N) is 2. The van der Waals surface area contributed by atoms with Gasteiger partial charge in [0.2, 0.25) is 0 Å². The Morgan fingerprint density at radius 2 is 0.965 bits per heavy atom. The molecule has 0 bridgehead atoms. The summed E-state index contributed by atoms with van der Waals surface area (Å²) in [7, 11) is 0. The van der Waals surface area contributed by atoms with Crippen LogP contribution in [0.25, 0.3) is 104 Å². The second-order valence-corrected chi connectivity index (χ2v) is 16.4. The lowest BCUT2D eigenvalue weighted by Crippen LogP contribution is -2.10. The maximum Gasteiger partial charge on any atom is 0.0701 e. The lowest BCUT2D eigenvalue weighted by molar-refractivity contribution is 0.591. The van der Waals surface area contributed by atoms with Crippen LogP contribution in [0.1, 0.15) is 26.3 Å². The molecule has 9 aromatic carbocycles. The summed E-state index contributed by atoms with van der Waals surface area (Å²) in [6.45, 7) is 6.90. The second kappa shape index (κ2) is 12.8. The smallest absolute Gasteiger partial charge is 0.0701 e. The highest BCUT2D eigenvalue weighted by Gasteiger charge is 2.21. The van der Waals surface area contributed by atoms with Crippen molar-refractivity contribution in [2.24, 2.45) is 0 Å². The molecule has 0 aliphatic heterocycles. The number of pyridine rings is 1. The number of rotatable bonds is 5. The molecule has 2 heteroatoms. The molecule has 2 nitrogen and oxygen atoms in total. The molecule has 0 spiro atoms. The molecule has 0 saturated heterocycles. The van der Waals surface area contributed by atoms with E-state index in [1.165, 1.54) is 93.1 Å². The third-order valence-electron chi connectivity index (χ3n) is 12.0. The molecule has 0 unspecified atom stereocenters. The van der Waals surface area contributed by atoms with Gasteiger partial charge in [-0.1, -0.05) is 160 Å². The summed E-state index contributed by atoms with van der Waals surface area (Å²) in [4.78, 5) is 4.60. The van der Waals surface area contributed by atoms with Gasteiger partial charge in [0.25, 0.3) is 0 Å². The van der Waals surface area contributed by atoms with Crippen molar-refractivity contribution >= 4 is 54.1 Å². The monoisotopic (exact) mass is 728 g/mol. The van der Waals surface area contributed by atoms with E-state index in [1.807, 2.05) is 18.3 Å². The van der Waals surface area contributed by atoms with Gasteiger partial charge in [-0.2, -0.15) is 0 Å². The maximum atomic E-state index is 4.60. The van der Waals surface area contributed by atoms with Crippen LogP contribution in [0.4, 0.5) is 0 Å². The number of fused-ring (bicyclic) bond motifs is 3. The predicted molar refractivity (Wildman–Crippen MR) is 243 cm³/mol. The molecule has 57 heavy (non-hydrogen) atoms. The molecule has 0 saturated carbocycles. The summed E-state index contributed by atoms with van der Waals surface area (Å²) in [6, 6.07) is 67.1. The van der Waals surface area contributed by atoms with Crippen molar-refractivity contribution in [3.8, 4) is 50.3 Å². The number of aromatic nitrogens is 2. The summed E-state index contributed by atoms with van der Waals surface area (Å²) in [5, 5.41) is 10.4. The number of benzene rings is 9. The van der Waals surface area contributed by atoms with Crippen LogP contribution in [0.2, 0.25) is 0 Å². The molecule has 11 rings (SSSR count). The van der Waals surface area contributed by atoms with Gasteiger partial charge in [0, 0.05) is 28.2 Å². The zero-order chi connectivity index (χ0) is 38.3. The Kier molecular flexibility index (Phi) is 7.46. The van der Waals surface area contributed by atoms with E-state index in [1.54, 1.807) is 0 Å². The Morgan fingerprint density at radius 1 is 0.404 bits per heavy atom. The van der Waals surface area contributed by atoms with E-state index in [0.717, 1.165) is 16.9 Å². The Labute approximate surface area is 332 Å². The second-order valence-electron chi connectivity index (χ2n) is 16.4. The Bertz CT molecular complexity index is 3220. The summed E-state index contributed by atoms with van der Waals surface area (Å²) in [5.41, 5.74) is 14.4. The molecule has 11 aromatic rings. The Balaban J connectivity index is 1.06. The average Bonchev–Trinajstić information content (AvgIpc) is 3.60. The van der Waals surface area contributed by atoms with Gasteiger partial charge in [-0.3, -0.25) is 4.98 Å². The fourth-order valence-corrected chi connectivity index (χ4v) is 9.05. The van der Waals surface area contributed by atoms with Crippen molar-refractivity contribution in [2.45, 2.75) is 26.2 Å². The number of hydrogen-bond donors (Lipinski definition) is 0. The first-order valence-electron chi connectivity index (χ1n) is 19.9. The Morgan fingerprint density at radius 3 is 1.54 bits per heavy atom. The molecule has 0 aliphatic rings. The van der Waals surface area contributed by atoms with E-state index in [0.29, 0.717) is 0 Å². The van der Waals surface area contributed by atoms with Gasteiger partial charge in [0.1, 0.15) is 0 Å². The lowest BCUT2D eigenvalue weighted by atomic mass is 9.81. The molecule has 2 heterocycles. The van der Waals surface area contributed by atoms with Crippen molar-refractivity contribution in [3.05, 3.63) is 194 Å². The molecule has 0 amide bonds. The van der Waals surface area contributed by atoms with Crippen LogP contribution in [0.3, 0.4) is 0 Å². The predicted octanol–water partition coefficient (Wildman–Crippen LogP) is 15.0. The molecule has 0 fully saturated rings. The van der Waals surface area contributed by atoms with E-state index in [4.69, 9.17) is 0 Å². The van der Waals surface area contributed by atoms with Gasteiger partial charge in [-0.15, -0.1) is 0 Å². The number of hydrogen-bond acceptors (Lipinski definition) is 1. The third kappa shape index (κ3) is 5.44. The van der Waals surface area contributed by atoms with Gasteiger partial charge in [-0.05, 0) is 119 Å². The highest BCUT2D eigenvalue weighted by molar-refractivity contribution is 6.28. The average molecular weight is 729 g/mol. The summed E-state index contributed by atoms with van der Waals surface area (Å²) < 4.78 is 2.39. The van der Waals surface area contributed by atoms with E-state index >= 15 is 0 Å². The SMILES string of the molecule is CC(C)(C)c1cc2ccc3c(-c4ccc(-c5cccc(-n6c7ccccc7c7ccccc76)c5)cc4)cc(-c4ccc(-c5ccccn5)cc4)c4ccc(c1)c2c34. The zero-order valence-electron chi connectivity index (χ0n) is 32.3. The van der Waals surface area contributed by atoms with Gasteiger partial charge in [0.05, 0.1) is 16.7 Å². The largest absolute Gasteiger partial charge is 0.309 e. The van der Waals surface area contributed by atoms with Crippen LogP contribution in [0.5, 0.6) is 0 Å². The highest BCUT2D eigenvalue weighted by atomic mass is 15.0. The first kappa shape index (κ1) is 33.3. The molecule has 0 aliphatic carbocycles. The van der Waals surface area contributed by atoms with Crippen molar-refractivity contribution < 1.29 is 0 Å². The maximum absolute atomic E-state index is 4.60. The van der Waals surface area contributed by atoms with Gasteiger partial charge in [0.15, 0.2) is 0 Å². The summed E-state index contributed by atoms with van der Waals surface area (Å²) in [5.74, 6) is 0. The molecular weight excluding hydrogens is 689 g/mol. The van der Waals surface area contributed by atoms with Crippen molar-refractivity contribution in [2.75, 3.05) is 0 Å². The van der Waals surface area contributed by atoms with Crippen LogP contribution >= 0.6 is 0 Å². The Hall–Kier alpha value is -7.03. The van der Waals surface area contributed by atoms with E-state index < -0.39 is 0 Å². The number of para-hydroxylation sites is 2. The van der Waals surface area contributed by atoms with Gasteiger partial charge >= 0.3 is 0 Å². The van der Waals surface area contributed by atoms with Crippen molar-refractivity contribution in [3.63, 3.8) is 0 Å². The van der Waals surface area contributed by atoms with E-state index in [2.05, 4.69) is 200 Å². The van der Waals surface area contributed by atoms with Crippen molar-refractivity contribution in [1.82, 2.24) is 9.55 Å². The van der Waals surface area contributed by atoms with Crippen LogP contribution < -0.4 is 0 Å².